The smallest absolute Gasteiger partial charge is 0.223 e. The van der Waals surface area contributed by atoms with Gasteiger partial charge in [-0.3, -0.25) is 4.79 Å². The van der Waals surface area contributed by atoms with Crippen LogP contribution >= 0.6 is 0 Å². The molecule has 4 atom stereocenters. The maximum atomic E-state index is 12.2. The van der Waals surface area contributed by atoms with Gasteiger partial charge in [0, 0.05) is 24.5 Å². The van der Waals surface area contributed by atoms with Crippen LogP contribution in [0.3, 0.4) is 0 Å². The molecule has 4 unspecified atom stereocenters. The maximum Gasteiger partial charge on any atom is 0.223 e. The predicted octanol–water partition coefficient (Wildman–Crippen LogP) is 3.10. The number of ether oxygens (including phenoxy) is 1. The van der Waals surface area contributed by atoms with Crippen LogP contribution in [0.15, 0.2) is 12.1 Å². The summed E-state index contributed by atoms with van der Waals surface area (Å²) in [4.78, 5) is 19.4. The van der Waals surface area contributed by atoms with Gasteiger partial charge in [-0.1, -0.05) is 0 Å². The van der Waals surface area contributed by atoms with Crippen molar-refractivity contribution in [1.82, 2.24) is 4.98 Å². The molecule has 1 aliphatic heterocycles. The normalized spacial score (nSPS) is 40.9. The zero-order valence-electron chi connectivity index (χ0n) is 17.9. The standard InChI is InChI=1S/C23H34N4O2/c1-13-11-27(12-14(2)29-13)20-5-4-19(15(3)25-20)26-21-17-6-16-7-18(21)10-23(8-16,9-17)22(24)28/h4-5,13-14,16-18,21,26H,6-12H2,1-3H3,(H2,24,28). The van der Waals surface area contributed by atoms with Gasteiger partial charge in [-0.2, -0.15) is 0 Å². The largest absolute Gasteiger partial charge is 0.380 e. The molecule has 3 N–H and O–H groups in total. The number of anilines is 2. The van der Waals surface area contributed by atoms with Crippen molar-refractivity contribution in [2.24, 2.45) is 28.9 Å². The molecule has 0 radical (unpaired) electrons. The first-order valence-electron chi connectivity index (χ1n) is 11.3. The van der Waals surface area contributed by atoms with Crippen LogP contribution in [0.4, 0.5) is 11.5 Å². The Morgan fingerprint density at radius 1 is 1.17 bits per heavy atom. The van der Waals surface area contributed by atoms with Crippen LogP contribution < -0.4 is 16.0 Å². The molecule has 0 spiro atoms. The van der Waals surface area contributed by atoms with Crippen molar-refractivity contribution in [3.8, 4) is 0 Å². The zero-order chi connectivity index (χ0) is 20.3. The van der Waals surface area contributed by atoms with E-state index in [-0.39, 0.29) is 23.5 Å². The van der Waals surface area contributed by atoms with Gasteiger partial charge >= 0.3 is 0 Å². The first-order chi connectivity index (χ1) is 13.8. The minimum atomic E-state index is -0.227. The molecule has 1 amide bonds. The number of morpholine rings is 1. The van der Waals surface area contributed by atoms with E-state index in [2.05, 4.69) is 43.1 Å². The van der Waals surface area contributed by atoms with Crippen LogP contribution in [0.2, 0.25) is 0 Å². The van der Waals surface area contributed by atoms with Gasteiger partial charge in [-0.15, -0.1) is 0 Å². The second-order valence-corrected chi connectivity index (χ2v) is 10.2. The van der Waals surface area contributed by atoms with Crippen LogP contribution in [0.1, 0.15) is 51.6 Å². The van der Waals surface area contributed by atoms with Crippen LogP contribution in [-0.4, -0.2) is 42.2 Å². The lowest BCUT2D eigenvalue weighted by atomic mass is 9.47. The Morgan fingerprint density at radius 2 is 1.83 bits per heavy atom. The van der Waals surface area contributed by atoms with E-state index in [0.717, 1.165) is 49.6 Å². The summed E-state index contributed by atoms with van der Waals surface area (Å²) in [6.45, 7) is 8.10. The van der Waals surface area contributed by atoms with Crippen molar-refractivity contribution in [2.75, 3.05) is 23.3 Å². The van der Waals surface area contributed by atoms with Gasteiger partial charge in [-0.05, 0) is 82.8 Å². The van der Waals surface area contributed by atoms with E-state index >= 15 is 0 Å². The Hall–Kier alpha value is -1.82. The summed E-state index contributed by atoms with van der Waals surface area (Å²) in [7, 11) is 0. The number of aryl methyl sites for hydroxylation is 1. The van der Waals surface area contributed by atoms with Crippen LogP contribution in [0.25, 0.3) is 0 Å². The molecular formula is C23H34N4O2. The number of hydrogen-bond donors (Lipinski definition) is 2. The Morgan fingerprint density at radius 3 is 2.41 bits per heavy atom. The summed E-state index contributed by atoms with van der Waals surface area (Å²) in [5.74, 6) is 2.76. The molecule has 6 heteroatoms. The fraction of sp³-hybridized carbons (Fsp3) is 0.739. The summed E-state index contributed by atoms with van der Waals surface area (Å²) in [5.41, 5.74) is 7.79. The maximum absolute atomic E-state index is 12.2. The average molecular weight is 399 g/mol. The summed E-state index contributed by atoms with van der Waals surface area (Å²) in [6.07, 6.45) is 5.86. The van der Waals surface area contributed by atoms with E-state index in [1.54, 1.807) is 0 Å². The van der Waals surface area contributed by atoms with Crippen LogP contribution in [-0.2, 0) is 9.53 Å². The lowest BCUT2D eigenvalue weighted by Gasteiger charge is -2.59. The summed E-state index contributed by atoms with van der Waals surface area (Å²) >= 11 is 0. The minimum Gasteiger partial charge on any atom is -0.380 e. The molecule has 0 aromatic carbocycles. The number of hydrogen-bond acceptors (Lipinski definition) is 5. The molecule has 4 saturated carbocycles. The number of pyridine rings is 1. The first-order valence-corrected chi connectivity index (χ1v) is 11.3. The molecule has 5 fully saturated rings. The molecule has 158 valence electrons. The van der Waals surface area contributed by atoms with Crippen molar-refractivity contribution < 1.29 is 9.53 Å². The molecule has 6 rings (SSSR count). The zero-order valence-corrected chi connectivity index (χ0v) is 17.9. The third-order valence-corrected chi connectivity index (χ3v) is 7.93. The Labute approximate surface area is 173 Å². The number of primary amides is 1. The second kappa shape index (κ2) is 6.86. The van der Waals surface area contributed by atoms with Crippen molar-refractivity contribution >= 4 is 17.4 Å². The number of carbonyl (C=O) groups is 1. The van der Waals surface area contributed by atoms with Gasteiger partial charge in [-0.25, -0.2) is 4.98 Å². The van der Waals surface area contributed by atoms with E-state index in [1.807, 2.05) is 0 Å². The van der Waals surface area contributed by atoms with E-state index in [0.29, 0.717) is 23.8 Å². The monoisotopic (exact) mass is 398 g/mol. The number of carbonyl (C=O) groups excluding carboxylic acids is 1. The number of aromatic nitrogens is 1. The van der Waals surface area contributed by atoms with Gasteiger partial charge in [0.05, 0.1) is 23.6 Å². The highest BCUT2D eigenvalue weighted by Crippen LogP contribution is 2.60. The molecule has 2 heterocycles. The van der Waals surface area contributed by atoms with Gasteiger partial charge in [0.2, 0.25) is 5.91 Å². The molecule has 4 aliphatic carbocycles. The van der Waals surface area contributed by atoms with Crippen LogP contribution in [0, 0.1) is 30.1 Å². The van der Waals surface area contributed by atoms with E-state index in [9.17, 15) is 4.79 Å². The predicted molar refractivity (Wildman–Crippen MR) is 114 cm³/mol. The molecule has 29 heavy (non-hydrogen) atoms. The highest BCUT2D eigenvalue weighted by Gasteiger charge is 2.57. The molecule has 1 aromatic heterocycles. The number of rotatable bonds is 4. The lowest BCUT2D eigenvalue weighted by Crippen LogP contribution is -2.59. The summed E-state index contributed by atoms with van der Waals surface area (Å²) in [5, 5.41) is 3.84. The fourth-order valence-corrected chi connectivity index (χ4v) is 6.98. The SMILES string of the molecule is Cc1nc(N2CC(C)OC(C)C2)ccc1NC1C2CC3CC1CC(C(N)=O)(C3)C2. The van der Waals surface area contributed by atoms with Crippen LogP contribution in [0.5, 0.6) is 0 Å². The van der Waals surface area contributed by atoms with Gasteiger partial charge < -0.3 is 20.7 Å². The summed E-state index contributed by atoms with van der Waals surface area (Å²) in [6, 6.07) is 4.77. The minimum absolute atomic E-state index is 0.0634. The quantitative estimate of drug-likeness (QED) is 0.815. The number of amides is 1. The average Bonchev–Trinajstić information content (AvgIpc) is 2.64. The van der Waals surface area contributed by atoms with Gasteiger partial charge in [0.25, 0.3) is 0 Å². The first kappa shape index (κ1) is 19.2. The highest BCUT2D eigenvalue weighted by molar-refractivity contribution is 5.81. The van der Waals surface area contributed by atoms with Crippen molar-refractivity contribution in [3.63, 3.8) is 0 Å². The molecule has 4 bridgehead atoms. The number of nitrogens with one attached hydrogen (secondary N) is 1. The van der Waals surface area contributed by atoms with Crippen molar-refractivity contribution in [3.05, 3.63) is 17.8 Å². The van der Waals surface area contributed by atoms with Gasteiger partial charge in [0.1, 0.15) is 5.82 Å². The van der Waals surface area contributed by atoms with E-state index in [4.69, 9.17) is 15.5 Å². The topological polar surface area (TPSA) is 80.5 Å². The number of nitrogens with two attached hydrogens (primary N) is 1. The Balaban J connectivity index is 1.32. The molecule has 6 nitrogen and oxygen atoms in total. The molecule has 5 aliphatic rings. The number of nitrogens with zero attached hydrogens (tertiary/aromatic N) is 2. The Kier molecular flexibility index (Phi) is 4.53. The van der Waals surface area contributed by atoms with E-state index in [1.165, 1.54) is 12.8 Å². The molecular weight excluding hydrogens is 364 g/mol. The lowest BCUT2D eigenvalue weighted by molar-refractivity contribution is -0.143. The van der Waals surface area contributed by atoms with Crippen molar-refractivity contribution in [2.45, 2.75) is 71.1 Å². The molecule has 1 saturated heterocycles. The van der Waals surface area contributed by atoms with Crippen molar-refractivity contribution in [1.29, 1.82) is 0 Å². The fourth-order valence-electron chi connectivity index (χ4n) is 6.98. The Bertz CT molecular complexity index is 786. The van der Waals surface area contributed by atoms with E-state index < -0.39 is 0 Å². The third-order valence-electron chi connectivity index (χ3n) is 7.93. The molecule has 1 aromatic rings. The highest BCUT2D eigenvalue weighted by atomic mass is 16.5. The summed E-state index contributed by atoms with van der Waals surface area (Å²) < 4.78 is 5.86. The third kappa shape index (κ3) is 3.29. The second-order valence-electron chi connectivity index (χ2n) is 10.2. The van der Waals surface area contributed by atoms with Gasteiger partial charge in [0.15, 0.2) is 0 Å².